The van der Waals surface area contributed by atoms with Gasteiger partial charge in [-0.25, -0.2) is 4.68 Å². The van der Waals surface area contributed by atoms with Crippen LogP contribution in [0.1, 0.15) is 49.0 Å². The van der Waals surface area contributed by atoms with Gasteiger partial charge in [-0.15, -0.1) is 10.2 Å². The first-order valence-electron chi connectivity index (χ1n) is 10.0. The third-order valence-electron chi connectivity index (χ3n) is 4.92. The number of hydrogen-bond acceptors (Lipinski definition) is 6. The molecule has 0 atom stereocenters. The Labute approximate surface area is 178 Å². The summed E-state index contributed by atoms with van der Waals surface area (Å²) in [6.45, 7) is 2.73. The lowest BCUT2D eigenvalue weighted by Gasteiger charge is -2.20. The summed E-state index contributed by atoms with van der Waals surface area (Å²) in [4.78, 5) is 26.8. The maximum absolute atomic E-state index is 13.1. The first-order chi connectivity index (χ1) is 14.5. The number of carbonyl (C=O) groups is 1. The van der Waals surface area contributed by atoms with E-state index in [1.807, 2.05) is 6.92 Å². The number of carbonyl (C=O) groups excluding carboxylic acids is 1. The Morgan fingerprint density at radius 3 is 2.67 bits per heavy atom. The summed E-state index contributed by atoms with van der Waals surface area (Å²) in [6, 6.07) is 10.1. The van der Waals surface area contributed by atoms with Crippen molar-refractivity contribution >= 4 is 17.5 Å². The van der Waals surface area contributed by atoms with Crippen LogP contribution >= 0.6 is 11.6 Å². The summed E-state index contributed by atoms with van der Waals surface area (Å²) in [5.74, 6) is 0.476. The summed E-state index contributed by atoms with van der Waals surface area (Å²) in [5, 5.41) is 13.1. The van der Waals surface area contributed by atoms with Gasteiger partial charge in [0.2, 0.25) is 11.8 Å². The molecule has 4 rings (SSSR count). The number of hydrogen-bond donors (Lipinski definition) is 0. The van der Waals surface area contributed by atoms with Gasteiger partial charge in [-0.2, -0.15) is 5.10 Å². The highest BCUT2D eigenvalue weighted by atomic mass is 35.5. The quantitative estimate of drug-likeness (QED) is 0.545. The largest absolute Gasteiger partial charge is 0.419 e. The van der Waals surface area contributed by atoms with Crippen LogP contribution in [0.5, 0.6) is 0 Å². The van der Waals surface area contributed by atoms with Gasteiger partial charge in [0.05, 0.1) is 6.54 Å². The minimum atomic E-state index is -0.242. The number of rotatable bonds is 8. The van der Waals surface area contributed by atoms with Crippen molar-refractivity contribution in [3.8, 4) is 11.5 Å². The maximum Gasteiger partial charge on any atom is 0.275 e. The first-order valence-corrected chi connectivity index (χ1v) is 10.4. The third kappa shape index (κ3) is 4.59. The van der Waals surface area contributed by atoms with E-state index >= 15 is 0 Å². The molecule has 0 radical (unpaired) electrons. The van der Waals surface area contributed by atoms with Crippen LogP contribution in [0.15, 0.2) is 45.6 Å². The second-order valence-corrected chi connectivity index (χ2v) is 7.74. The lowest BCUT2D eigenvalue weighted by atomic mass is 10.2. The maximum atomic E-state index is 13.1. The number of nitrogens with zero attached hydrogens (tertiary/aromatic N) is 5. The van der Waals surface area contributed by atoms with Gasteiger partial charge in [-0.1, -0.05) is 24.9 Å². The molecule has 0 aliphatic heterocycles. The minimum Gasteiger partial charge on any atom is -0.419 e. The number of benzene rings is 1. The second kappa shape index (κ2) is 8.79. The monoisotopic (exact) mass is 427 g/mol. The SMILES string of the molecule is CCCCn1nc(C(=O)N(Cc2nnc(-c3ccc(Cl)cc3)o2)C2CC2)ccc1=O. The van der Waals surface area contributed by atoms with Crippen molar-refractivity contribution in [1.29, 1.82) is 0 Å². The zero-order chi connectivity index (χ0) is 21.1. The topological polar surface area (TPSA) is 94.1 Å². The van der Waals surface area contributed by atoms with Crippen LogP contribution in [0.25, 0.3) is 11.5 Å². The molecule has 1 saturated carbocycles. The van der Waals surface area contributed by atoms with Gasteiger partial charge < -0.3 is 9.32 Å². The standard InChI is InChI=1S/C21H22ClN5O3/c1-2-3-12-27-19(28)11-10-17(25-27)21(29)26(16-8-9-16)13-18-23-24-20(30-18)14-4-6-15(22)7-5-14/h4-7,10-11,16H,2-3,8-9,12-13H2,1H3. The molecule has 0 saturated heterocycles. The Hall–Kier alpha value is -3.00. The van der Waals surface area contributed by atoms with Crippen LogP contribution in [0.2, 0.25) is 5.02 Å². The first kappa shape index (κ1) is 20.3. The van der Waals surface area contributed by atoms with Crippen LogP contribution in [0.4, 0.5) is 0 Å². The predicted octanol–water partition coefficient (Wildman–Crippen LogP) is 3.55. The van der Waals surface area contributed by atoms with E-state index in [2.05, 4.69) is 15.3 Å². The molecule has 9 heteroatoms. The molecule has 3 aromatic rings. The van der Waals surface area contributed by atoms with E-state index in [-0.39, 0.29) is 29.7 Å². The van der Waals surface area contributed by atoms with Crippen LogP contribution in [-0.4, -0.2) is 36.8 Å². The van der Waals surface area contributed by atoms with Crippen molar-refractivity contribution in [2.45, 2.75) is 51.7 Å². The average molecular weight is 428 g/mol. The lowest BCUT2D eigenvalue weighted by Crippen LogP contribution is -2.35. The van der Waals surface area contributed by atoms with Gasteiger partial charge in [0.15, 0.2) is 0 Å². The van der Waals surface area contributed by atoms with E-state index in [0.29, 0.717) is 23.3 Å². The van der Waals surface area contributed by atoms with Gasteiger partial charge in [0, 0.05) is 29.2 Å². The lowest BCUT2D eigenvalue weighted by molar-refractivity contribution is 0.0705. The van der Waals surface area contributed by atoms with Gasteiger partial charge in [-0.3, -0.25) is 9.59 Å². The highest BCUT2D eigenvalue weighted by molar-refractivity contribution is 6.30. The van der Waals surface area contributed by atoms with Crippen LogP contribution in [0.3, 0.4) is 0 Å². The fourth-order valence-corrected chi connectivity index (χ4v) is 3.23. The van der Waals surface area contributed by atoms with Gasteiger partial charge in [0.25, 0.3) is 11.5 Å². The molecule has 8 nitrogen and oxygen atoms in total. The molecule has 1 aromatic carbocycles. The Kier molecular flexibility index (Phi) is 5.94. The van der Waals surface area contributed by atoms with Crippen molar-refractivity contribution in [3.05, 3.63) is 63.4 Å². The summed E-state index contributed by atoms with van der Waals surface area (Å²) < 4.78 is 7.12. The molecule has 30 heavy (non-hydrogen) atoms. The Bertz CT molecular complexity index is 1090. The molecule has 2 aromatic heterocycles. The molecule has 156 valence electrons. The van der Waals surface area contributed by atoms with Crippen molar-refractivity contribution < 1.29 is 9.21 Å². The molecule has 1 amide bonds. The van der Waals surface area contributed by atoms with Crippen molar-refractivity contribution in [2.24, 2.45) is 0 Å². The van der Waals surface area contributed by atoms with E-state index in [1.165, 1.54) is 16.8 Å². The summed E-state index contributed by atoms with van der Waals surface area (Å²) in [7, 11) is 0. The smallest absolute Gasteiger partial charge is 0.275 e. The van der Waals surface area contributed by atoms with E-state index < -0.39 is 0 Å². The Morgan fingerprint density at radius 2 is 1.97 bits per heavy atom. The van der Waals surface area contributed by atoms with Crippen molar-refractivity contribution in [1.82, 2.24) is 24.9 Å². The zero-order valence-corrected chi connectivity index (χ0v) is 17.4. The Morgan fingerprint density at radius 1 is 1.20 bits per heavy atom. The molecule has 2 heterocycles. The molecule has 1 aliphatic carbocycles. The molecule has 1 fully saturated rings. The van der Waals surface area contributed by atoms with Crippen molar-refractivity contribution in [3.63, 3.8) is 0 Å². The second-order valence-electron chi connectivity index (χ2n) is 7.31. The number of amides is 1. The highest BCUT2D eigenvalue weighted by Crippen LogP contribution is 2.30. The fourth-order valence-electron chi connectivity index (χ4n) is 3.10. The fraction of sp³-hybridized carbons (Fsp3) is 0.381. The van der Waals surface area contributed by atoms with Crippen LogP contribution in [0, 0.1) is 0 Å². The highest BCUT2D eigenvalue weighted by Gasteiger charge is 2.35. The molecule has 0 N–H and O–H groups in total. The molecule has 0 bridgehead atoms. The van der Waals surface area contributed by atoms with Gasteiger partial charge in [0.1, 0.15) is 5.69 Å². The van der Waals surface area contributed by atoms with Gasteiger partial charge >= 0.3 is 0 Å². The van der Waals surface area contributed by atoms with E-state index in [4.69, 9.17) is 16.0 Å². The zero-order valence-electron chi connectivity index (χ0n) is 16.6. The van der Waals surface area contributed by atoms with Gasteiger partial charge in [-0.05, 0) is 49.6 Å². The average Bonchev–Trinajstić information content (AvgIpc) is 3.49. The molecule has 1 aliphatic rings. The molecular weight excluding hydrogens is 406 g/mol. The van der Waals surface area contributed by atoms with Crippen molar-refractivity contribution in [2.75, 3.05) is 0 Å². The summed E-state index contributed by atoms with van der Waals surface area (Å²) in [6.07, 6.45) is 3.60. The number of unbranched alkanes of at least 4 members (excludes halogenated alkanes) is 1. The number of aryl methyl sites for hydroxylation is 1. The Balaban J connectivity index is 1.53. The van der Waals surface area contributed by atoms with E-state index in [9.17, 15) is 9.59 Å². The third-order valence-corrected chi connectivity index (χ3v) is 5.17. The number of aromatic nitrogens is 4. The normalized spacial score (nSPS) is 13.4. The summed E-state index contributed by atoms with van der Waals surface area (Å²) in [5.41, 5.74) is 0.796. The van der Waals surface area contributed by atoms with Crippen LogP contribution < -0.4 is 5.56 Å². The summed E-state index contributed by atoms with van der Waals surface area (Å²) >= 11 is 5.92. The van der Waals surface area contributed by atoms with Crippen LogP contribution in [-0.2, 0) is 13.1 Å². The minimum absolute atomic E-state index is 0.112. The molecule has 0 spiro atoms. The predicted molar refractivity (Wildman–Crippen MR) is 111 cm³/mol. The number of halogens is 1. The molecular formula is C21H22ClN5O3. The van der Waals surface area contributed by atoms with E-state index in [0.717, 1.165) is 31.2 Å². The van der Waals surface area contributed by atoms with E-state index in [1.54, 1.807) is 29.2 Å². The molecule has 0 unspecified atom stereocenters.